The van der Waals surface area contributed by atoms with Crippen LogP contribution in [0.25, 0.3) is 11.0 Å². The maximum absolute atomic E-state index is 13.1. The summed E-state index contributed by atoms with van der Waals surface area (Å²) in [5, 5.41) is 5.59. The molecule has 30 heavy (non-hydrogen) atoms. The monoisotopic (exact) mass is 406 g/mol. The standard InChI is InChI=1S/C24H30N4O2/c1-15(2)28-24-21(14-25-28)16(3)20(17(4)26-24)9-11-23(29)27-12-6-7-18-13-19(30-5)8-10-22(18)27/h8,10,13-15H,6-7,9,11-12H2,1-5H3. The third kappa shape index (κ3) is 3.55. The van der Waals surface area contributed by atoms with E-state index in [1.807, 2.05) is 40.9 Å². The third-order valence-corrected chi connectivity index (χ3v) is 6.12. The van der Waals surface area contributed by atoms with Gasteiger partial charge in [-0.05, 0) is 81.8 Å². The van der Waals surface area contributed by atoms with Crippen molar-refractivity contribution in [3.05, 3.63) is 46.8 Å². The Kier molecular flexibility index (Phi) is 5.50. The summed E-state index contributed by atoms with van der Waals surface area (Å²) in [6.07, 6.45) is 5.02. The molecular formula is C24H30N4O2. The van der Waals surface area contributed by atoms with Crippen LogP contribution in [0.15, 0.2) is 24.4 Å². The number of carbonyl (C=O) groups excluding carboxylic acids is 1. The van der Waals surface area contributed by atoms with E-state index in [9.17, 15) is 4.79 Å². The minimum Gasteiger partial charge on any atom is -0.497 e. The number of ether oxygens (including phenoxy) is 1. The van der Waals surface area contributed by atoms with Gasteiger partial charge in [0.15, 0.2) is 5.65 Å². The van der Waals surface area contributed by atoms with Crippen LogP contribution < -0.4 is 9.64 Å². The molecule has 0 spiro atoms. The summed E-state index contributed by atoms with van der Waals surface area (Å²) in [6.45, 7) is 9.14. The number of benzene rings is 1. The molecule has 0 atom stereocenters. The van der Waals surface area contributed by atoms with E-state index in [2.05, 4.69) is 25.9 Å². The van der Waals surface area contributed by atoms with E-state index in [4.69, 9.17) is 9.72 Å². The number of fused-ring (bicyclic) bond motifs is 2. The van der Waals surface area contributed by atoms with Gasteiger partial charge in [0.05, 0.1) is 13.3 Å². The molecule has 0 unspecified atom stereocenters. The fourth-order valence-corrected chi connectivity index (χ4v) is 4.46. The average Bonchev–Trinajstić information content (AvgIpc) is 3.16. The van der Waals surface area contributed by atoms with Crippen molar-refractivity contribution in [2.45, 2.75) is 59.4 Å². The van der Waals surface area contributed by atoms with Gasteiger partial charge in [-0.1, -0.05) is 0 Å². The van der Waals surface area contributed by atoms with Crippen LogP contribution in [-0.2, 0) is 17.6 Å². The van der Waals surface area contributed by atoms with E-state index in [1.54, 1.807) is 7.11 Å². The summed E-state index contributed by atoms with van der Waals surface area (Å²) in [4.78, 5) is 19.9. The maximum Gasteiger partial charge on any atom is 0.227 e. The molecule has 0 N–H and O–H groups in total. The van der Waals surface area contributed by atoms with E-state index in [0.717, 1.165) is 53.1 Å². The SMILES string of the molecule is COc1ccc2c(c1)CCCN2C(=O)CCc1c(C)nc2c(cnn2C(C)C)c1C. The second kappa shape index (κ2) is 8.09. The number of methoxy groups -OCH3 is 1. The van der Waals surface area contributed by atoms with Crippen molar-refractivity contribution in [3.63, 3.8) is 0 Å². The molecule has 158 valence electrons. The van der Waals surface area contributed by atoms with E-state index < -0.39 is 0 Å². The molecule has 1 aliphatic heterocycles. The Morgan fingerprint density at radius 3 is 2.80 bits per heavy atom. The lowest BCUT2D eigenvalue weighted by Crippen LogP contribution is -2.35. The Morgan fingerprint density at radius 1 is 1.27 bits per heavy atom. The number of amides is 1. The van der Waals surface area contributed by atoms with Gasteiger partial charge in [-0.3, -0.25) is 4.79 Å². The first-order valence-corrected chi connectivity index (χ1v) is 10.7. The lowest BCUT2D eigenvalue weighted by molar-refractivity contribution is -0.118. The lowest BCUT2D eigenvalue weighted by atomic mass is 9.98. The van der Waals surface area contributed by atoms with Crippen LogP contribution >= 0.6 is 0 Å². The summed E-state index contributed by atoms with van der Waals surface area (Å²) >= 11 is 0. The van der Waals surface area contributed by atoms with E-state index in [0.29, 0.717) is 12.8 Å². The van der Waals surface area contributed by atoms with Gasteiger partial charge in [-0.2, -0.15) is 5.10 Å². The number of aromatic nitrogens is 3. The average molecular weight is 407 g/mol. The topological polar surface area (TPSA) is 60.2 Å². The van der Waals surface area contributed by atoms with Crippen LogP contribution in [0.2, 0.25) is 0 Å². The fraction of sp³-hybridized carbons (Fsp3) is 0.458. The number of nitrogens with zero attached hydrogens (tertiary/aromatic N) is 4. The van der Waals surface area contributed by atoms with Crippen LogP contribution in [0, 0.1) is 13.8 Å². The first-order chi connectivity index (χ1) is 14.4. The van der Waals surface area contributed by atoms with Gasteiger partial charge in [0.2, 0.25) is 5.91 Å². The summed E-state index contributed by atoms with van der Waals surface area (Å²) in [7, 11) is 1.67. The van der Waals surface area contributed by atoms with Crippen molar-refractivity contribution in [3.8, 4) is 5.75 Å². The summed E-state index contributed by atoms with van der Waals surface area (Å²) in [6, 6.07) is 6.25. The highest BCUT2D eigenvalue weighted by Gasteiger charge is 2.23. The smallest absolute Gasteiger partial charge is 0.227 e. The maximum atomic E-state index is 13.1. The molecular weight excluding hydrogens is 376 g/mol. The number of pyridine rings is 1. The van der Waals surface area contributed by atoms with Gasteiger partial charge in [-0.25, -0.2) is 9.67 Å². The molecule has 0 aliphatic carbocycles. The van der Waals surface area contributed by atoms with Gasteiger partial charge < -0.3 is 9.64 Å². The van der Waals surface area contributed by atoms with Crippen molar-refractivity contribution in [1.29, 1.82) is 0 Å². The van der Waals surface area contributed by atoms with Crippen molar-refractivity contribution >= 4 is 22.6 Å². The Balaban J connectivity index is 1.56. The first-order valence-electron chi connectivity index (χ1n) is 10.7. The quantitative estimate of drug-likeness (QED) is 0.624. The van der Waals surface area contributed by atoms with Crippen LogP contribution in [-0.4, -0.2) is 34.3 Å². The molecule has 0 fully saturated rings. The van der Waals surface area contributed by atoms with Crippen molar-refractivity contribution in [2.24, 2.45) is 0 Å². The Morgan fingerprint density at radius 2 is 2.07 bits per heavy atom. The Hall–Kier alpha value is -2.89. The van der Waals surface area contributed by atoms with Crippen molar-refractivity contribution in [2.75, 3.05) is 18.6 Å². The molecule has 6 nitrogen and oxygen atoms in total. The zero-order valence-electron chi connectivity index (χ0n) is 18.5. The number of hydrogen-bond donors (Lipinski definition) is 0. The zero-order chi connectivity index (χ0) is 21.4. The van der Waals surface area contributed by atoms with E-state index >= 15 is 0 Å². The highest BCUT2D eigenvalue weighted by atomic mass is 16.5. The largest absolute Gasteiger partial charge is 0.497 e. The van der Waals surface area contributed by atoms with Crippen LogP contribution in [0.5, 0.6) is 5.75 Å². The molecule has 3 aromatic rings. The molecule has 1 amide bonds. The van der Waals surface area contributed by atoms with Crippen LogP contribution in [0.1, 0.15) is 55.1 Å². The number of aryl methyl sites for hydroxylation is 3. The molecule has 4 rings (SSSR count). The van der Waals surface area contributed by atoms with Gasteiger partial charge >= 0.3 is 0 Å². The molecule has 1 aliphatic rings. The minimum absolute atomic E-state index is 0.165. The van der Waals surface area contributed by atoms with Gasteiger partial charge in [0.25, 0.3) is 0 Å². The first kappa shape index (κ1) is 20.4. The summed E-state index contributed by atoms with van der Waals surface area (Å²) in [5.74, 6) is 1.01. The second-order valence-corrected chi connectivity index (χ2v) is 8.36. The van der Waals surface area contributed by atoms with Gasteiger partial charge in [-0.15, -0.1) is 0 Å². The van der Waals surface area contributed by atoms with Gasteiger partial charge in [0.1, 0.15) is 5.75 Å². The zero-order valence-corrected chi connectivity index (χ0v) is 18.5. The van der Waals surface area contributed by atoms with Crippen LogP contribution in [0.3, 0.4) is 0 Å². The predicted molar refractivity (Wildman–Crippen MR) is 119 cm³/mol. The number of anilines is 1. The van der Waals surface area contributed by atoms with E-state index in [-0.39, 0.29) is 11.9 Å². The highest BCUT2D eigenvalue weighted by molar-refractivity contribution is 5.95. The molecule has 6 heteroatoms. The summed E-state index contributed by atoms with van der Waals surface area (Å²) in [5.41, 5.74) is 6.46. The second-order valence-electron chi connectivity index (χ2n) is 8.36. The van der Waals surface area contributed by atoms with Crippen LogP contribution in [0.4, 0.5) is 5.69 Å². The molecule has 2 aromatic heterocycles. The molecule has 1 aromatic carbocycles. The molecule has 0 bridgehead atoms. The number of carbonyl (C=O) groups is 1. The highest BCUT2D eigenvalue weighted by Crippen LogP contribution is 2.31. The Labute approximate surface area is 177 Å². The Bertz CT molecular complexity index is 1100. The van der Waals surface area contributed by atoms with Crippen molar-refractivity contribution in [1.82, 2.24) is 14.8 Å². The van der Waals surface area contributed by atoms with Crippen molar-refractivity contribution < 1.29 is 9.53 Å². The number of rotatable bonds is 5. The molecule has 0 saturated heterocycles. The summed E-state index contributed by atoms with van der Waals surface area (Å²) < 4.78 is 7.30. The molecule has 3 heterocycles. The minimum atomic E-state index is 0.165. The number of hydrogen-bond acceptors (Lipinski definition) is 4. The normalized spacial score (nSPS) is 13.7. The van der Waals surface area contributed by atoms with E-state index in [1.165, 1.54) is 11.1 Å². The third-order valence-electron chi connectivity index (χ3n) is 6.12. The fourth-order valence-electron chi connectivity index (χ4n) is 4.46. The lowest BCUT2D eigenvalue weighted by Gasteiger charge is -2.30. The van der Waals surface area contributed by atoms with Gasteiger partial charge in [0, 0.05) is 35.8 Å². The molecule has 0 radical (unpaired) electrons. The molecule has 0 saturated carbocycles. The predicted octanol–water partition coefficient (Wildman–Crippen LogP) is 4.55.